The molecular formula is C17H27N3O. The number of nitrogens with one attached hydrogen (secondary N) is 1. The summed E-state index contributed by atoms with van der Waals surface area (Å²) in [4.78, 5) is 0. The Hall–Kier alpha value is -1.94. The van der Waals surface area contributed by atoms with E-state index in [1.807, 2.05) is 38.1 Å². The Morgan fingerprint density at radius 1 is 1.29 bits per heavy atom. The smallest absolute Gasteiger partial charge is 0.118 e. The van der Waals surface area contributed by atoms with E-state index in [9.17, 15) is 0 Å². The van der Waals surface area contributed by atoms with Crippen LogP contribution in [0.15, 0.2) is 47.8 Å². The lowest BCUT2D eigenvalue weighted by molar-refractivity contribution is 0.414. The fourth-order valence-corrected chi connectivity index (χ4v) is 2.16. The van der Waals surface area contributed by atoms with Gasteiger partial charge in [0.25, 0.3) is 0 Å². The molecule has 1 aromatic rings. The van der Waals surface area contributed by atoms with Crippen LogP contribution in [0.1, 0.15) is 32.3 Å². The molecule has 2 rings (SSSR count). The number of nitrogens with two attached hydrogens (primary N) is 2. The van der Waals surface area contributed by atoms with Gasteiger partial charge in [-0.1, -0.05) is 32.6 Å². The molecule has 0 saturated heterocycles. The molecule has 4 heteroatoms. The number of hydrogen-bond acceptors (Lipinski definition) is 4. The van der Waals surface area contributed by atoms with E-state index in [1.54, 1.807) is 7.11 Å². The van der Waals surface area contributed by atoms with Crippen molar-refractivity contribution in [2.24, 2.45) is 11.5 Å². The van der Waals surface area contributed by atoms with Gasteiger partial charge in [0.1, 0.15) is 5.75 Å². The molecule has 0 aromatic heterocycles. The maximum atomic E-state index is 6.03. The fourth-order valence-electron chi connectivity index (χ4n) is 2.16. The van der Waals surface area contributed by atoms with E-state index in [4.69, 9.17) is 16.2 Å². The van der Waals surface area contributed by atoms with Gasteiger partial charge >= 0.3 is 0 Å². The normalized spacial score (nSPS) is 17.9. The summed E-state index contributed by atoms with van der Waals surface area (Å²) in [5, 5.41) is 3.34. The Balaban J connectivity index is 0.00000106. The summed E-state index contributed by atoms with van der Waals surface area (Å²) in [6.45, 7) is 8.74. The number of hydrogen-bond donors (Lipinski definition) is 3. The highest BCUT2D eigenvalue weighted by Gasteiger charge is 2.19. The highest BCUT2D eigenvalue weighted by Crippen LogP contribution is 2.23. The average Bonchev–Trinajstić information content (AvgIpc) is 2.53. The summed E-state index contributed by atoms with van der Waals surface area (Å²) in [5.41, 5.74) is 15.8. The molecule has 0 fully saturated rings. The summed E-state index contributed by atoms with van der Waals surface area (Å²) >= 11 is 0. The first-order chi connectivity index (χ1) is 10.1. The first kappa shape index (κ1) is 17.1. The molecule has 5 N–H and O–H groups in total. The van der Waals surface area contributed by atoms with Crippen LogP contribution in [0.3, 0.4) is 0 Å². The molecule has 1 aromatic carbocycles. The van der Waals surface area contributed by atoms with Crippen molar-refractivity contribution in [2.75, 3.05) is 7.11 Å². The van der Waals surface area contributed by atoms with Crippen LogP contribution in [-0.2, 0) is 6.54 Å². The van der Waals surface area contributed by atoms with Gasteiger partial charge in [-0.05, 0) is 36.1 Å². The Morgan fingerprint density at radius 3 is 2.48 bits per heavy atom. The minimum absolute atomic E-state index is 0.0659. The molecule has 0 radical (unpaired) electrons. The SMILES string of the molecule is C=C1CCC(N)C(N)=C1NCc1ccc(OC)cc1.CC. The van der Waals surface area contributed by atoms with Crippen LogP contribution in [0.2, 0.25) is 0 Å². The molecule has 1 atom stereocenters. The van der Waals surface area contributed by atoms with Crippen LogP contribution >= 0.6 is 0 Å². The van der Waals surface area contributed by atoms with Crippen LogP contribution in [0.5, 0.6) is 5.75 Å². The number of ether oxygens (including phenoxy) is 1. The molecule has 1 aliphatic carbocycles. The molecule has 0 aliphatic heterocycles. The molecule has 0 saturated carbocycles. The van der Waals surface area contributed by atoms with Crippen LogP contribution in [0.4, 0.5) is 0 Å². The molecule has 0 heterocycles. The lowest BCUT2D eigenvalue weighted by Gasteiger charge is -2.26. The van der Waals surface area contributed by atoms with Crippen molar-refractivity contribution in [3.63, 3.8) is 0 Å². The van der Waals surface area contributed by atoms with Crippen LogP contribution in [0, 0.1) is 0 Å². The molecule has 4 nitrogen and oxygen atoms in total. The van der Waals surface area contributed by atoms with Gasteiger partial charge < -0.3 is 21.5 Å². The Labute approximate surface area is 127 Å². The van der Waals surface area contributed by atoms with E-state index in [1.165, 1.54) is 0 Å². The zero-order valence-corrected chi connectivity index (χ0v) is 13.3. The monoisotopic (exact) mass is 289 g/mol. The van der Waals surface area contributed by atoms with Gasteiger partial charge in [-0.2, -0.15) is 0 Å². The van der Waals surface area contributed by atoms with E-state index in [0.29, 0.717) is 12.2 Å². The highest BCUT2D eigenvalue weighted by atomic mass is 16.5. The largest absolute Gasteiger partial charge is 0.497 e. The number of rotatable bonds is 4. The third-order valence-corrected chi connectivity index (χ3v) is 3.43. The van der Waals surface area contributed by atoms with Gasteiger partial charge in [0.15, 0.2) is 0 Å². The number of methoxy groups -OCH3 is 1. The molecule has 1 aliphatic rings. The standard InChI is InChI=1S/C15H21N3O.C2H6/c1-10-3-8-13(16)14(17)15(10)18-9-11-4-6-12(19-2)7-5-11;1-2/h4-7,13,18H,1,3,8-9,16-17H2,2H3;1-2H3. The predicted octanol–water partition coefficient (Wildman–Crippen LogP) is 2.66. The Bertz CT molecular complexity index is 491. The third kappa shape index (κ3) is 4.53. The molecule has 0 bridgehead atoms. The van der Waals surface area contributed by atoms with Crippen molar-refractivity contribution in [3.05, 3.63) is 53.4 Å². The topological polar surface area (TPSA) is 73.3 Å². The Morgan fingerprint density at radius 2 is 1.90 bits per heavy atom. The molecule has 116 valence electrons. The summed E-state index contributed by atoms with van der Waals surface area (Å²) in [6, 6.07) is 7.86. The molecular weight excluding hydrogens is 262 g/mol. The fraction of sp³-hybridized carbons (Fsp3) is 0.412. The second-order valence-corrected chi connectivity index (χ2v) is 4.78. The van der Waals surface area contributed by atoms with Gasteiger partial charge in [-0.3, -0.25) is 0 Å². The quantitative estimate of drug-likeness (QED) is 0.796. The highest BCUT2D eigenvalue weighted by molar-refractivity contribution is 5.37. The van der Waals surface area contributed by atoms with Gasteiger partial charge in [0, 0.05) is 18.3 Å². The summed E-state index contributed by atoms with van der Waals surface area (Å²) in [6.07, 6.45) is 1.77. The van der Waals surface area contributed by atoms with Crippen molar-refractivity contribution < 1.29 is 4.74 Å². The first-order valence-corrected chi connectivity index (χ1v) is 7.42. The van der Waals surface area contributed by atoms with Crippen molar-refractivity contribution in [1.29, 1.82) is 0 Å². The Kier molecular flexibility index (Phi) is 6.82. The molecule has 21 heavy (non-hydrogen) atoms. The van der Waals surface area contributed by atoms with Gasteiger partial charge in [-0.25, -0.2) is 0 Å². The minimum atomic E-state index is -0.0659. The number of allylic oxidation sites excluding steroid dienone is 1. The van der Waals surface area contributed by atoms with Crippen molar-refractivity contribution in [3.8, 4) is 5.75 Å². The van der Waals surface area contributed by atoms with Crippen molar-refractivity contribution >= 4 is 0 Å². The second-order valence-electron chi connectivity index (χ2n) is 4.78. The van der Waals surface area contributed by atoms with E-state index >= 15 is 0 Å². The number of benzene rings is 1. The van der Waals surface area contributed by atoms with Crippen LogP contribution in [0.25, 0.3) is 0 Å². The maximum absolute atomic E-state index is 6.03. The molecule has 0 amide bonds. The molecule has 1 unspecified atom stereocenters. The lowest BCUT2D eigenvalue weighted by Crippen LogP contribution is -2.35. The first-order valence-electron chi connectivity index (χ1n) is 7.42. The zero-order valence-electron chi connectivity index (χ0n) is 13.3. The summed E-state index contributed by atoms with van der Waals surface area (Å²) < 4.78 is 5.13. The lowest BCUT2D eigenvalue weighted by atomic mass is 9.93. The maximum Gasteiger partial charge on any atom is 0.118 e. The van der Waals surface area contributed by atoms with E-state index in [-0.39, 0.29) is 6.04 Å². The average molecular weight is 289 g/mol. The zero-order chi connectivity index (χ0) is 15.8. The van der Waals surface area contributed by atoms with Crippen molar-refractivity contribution in [2.45, 2.75) is 39.3 Å². The summed E-state index contributed by atoms with van der Waals surface area (Å²) in [7, 11) is 1.66. The van der Waals surface area contributed by atoms with E-state index < -0.39 is 0 Å². The van der Waals surface area contributed by atoms with Crippen LogP contribution < -0.4 is 21.5 Å². The van der Waals surface area contributed by atoms with Crippen LogP contribution in [-0.4, -0.2) is 13.2 Å². The summed E-state index contributed by atoms with van der Waals surface area (Å²) in [5.74, 6) is 0.853. The van der Waals surface area contributed by atoms with E-state index in [2.05, 4.69) is 11.9 Å². The molecule has 0 spiro atoms. The van der Waals surface area contributed by atoms with Gasteiger partial charge in [0.2, 0.25) is 0 Å². The third-order valence-electron chi connectivity index (χ3n) is 3.43. The minimum Gasteiger partial charge on any atom is -0.497 e. The second kappa shape index (κ2) is 8.37. The van der Waals surface area contributed by atoms with E-state index in [0.717, 1.165) is 35.4 Å². The van der Waals surface area contributed by atoms with Gasteiger partial charge in [0.05, 0.1) is 12.8 Å². The predicted molar refractivity (Wildman–Crippen MR) is 88.7 cm³/mol. The van der Waals surface area contributed by atoms with Gasteiger partial charge in [-0.15, -0.1) is 0 Å². The van der Waals surface area contributed by atoms with Crippen molar-refractivity contribution in [1.82, 2.24) is 5.32 Å².